The molecule has 2 aromatic rings. The van der Waals surface area contributed by atoms with Gasteiger partial charge in [-0.3, -0.25) is 9.36 Å². The van der Waals surface area contributed by atoms with Gasteiger partial charge in [0.05, 0.1) is 17.1 Å². The lowest BCUT2D eigenvalue weighted by Crippen LogP contribution is -2.18. The Hall–Kier alpha value is -2.04. The van der Waals surface area contributed by atoms with Crippen molar-refractivity contribution in [2.24, 2.45) is 0 Å². The quantitative estimate of drug-likeness (QED) is 0.840. The SMILES string of the molecule is CNc1nc2ccccc2n1CC(=O)OC(C)C. The van der Waals surface area contributed by atoms with Gasteiger partial charge in [-0.15, -0.1) is 0 Å². The van der Waals surface area contributed by atoms with E-state index in [0.717, 1.165) is 11.0 Å². The van der Waals surface area contributed by atoms with Crippen LogP contribution in [0.1, 0.15) is 13.8 Å². The molecule has 0 aliphatic heterocycles. The monoisotopic (exact) mass is 247 g/mol. The van der Waals surface area contributed by atoms with E-state index < -0.39 is 0 Å². The third-order valence-corrected chi connectivity index (χ3v) is 2.53. The van der Waals surface area contributed by atoms with Crippen LogP contribution < -0.4 is 5.32 Å². The third kappa shape index (κ3) is 2.45. The molecule has 1 aromatic carbocycles. The van der Waals surface area contributed by atoms with Gasteiger partial charge in [0.15, 0.2) is 0 Å². The Morgan fingerprint density at radius 1 is 1.44 bits per heavy atom. The molecule has 0 radical (unpaired) electrons. The van der Waals surface area contributed by atoms with Crippen LogP contribution >= 0.6 is 0 Å². The molecule has 2 rings (SSSR count). The van der Waals surface area contributed by atoms with Gasteiger partial charge < -0.3 is 10.1 Å². The summed E-state index contributed by atoms with van der Waals surface area (Å²) < 4.78 is 6.98. The molecule has 0 saturated carbocycles. The highest BCUT2D eigenvalue weighted by atomic mass is 16.5. The molecule has 0 aliphatic rings. The van der Waals surface area contributed by atoms with E-state index in [9.17, 15) is 4.79 Å². The molecule has 1 N–H and O–H groups in total. The average Bonchev–Trinajstić information content (AvgIpc) is 2.66. The summed E-state index contributed by atoms with van der Waals surface area (Å²) in [6, 6.07) is 7.70. The number of esters is 1. The molecule has 1 aromatic heterocycles. The van der Waals surface area contributed by atoms with E-state index >= 15 is 0 Å². The highest BCUT2D eigenvalue weighted by Crippen LogP contribution is 2.19. The molecule has 0 spiro atoms. The Labute approximate surface area is 106 Å². The number of aromatic nitrogens is 2. The van der Waals surface area contributed by atoms with Gasteiger partial charge >= 0.3 is 5.97 Å². The first-order valence-corrected chi connectivity index (χ1v) is 5.94. The first kappa shape index (κ1) is 12.4. The molecular weight excluding hydrogens is 230 g/mol. The summed E-state index contributed by atoms with van der Waals surface area (Å²) >= 11 is 0. The van der Waals surface area contributed by atoms with Crippen molar-refractivity contribution in [3.63, 3.8) is 0 Å². The fourth-order valence-electron chi connectivity index (χ4n) is 1.86. The molecule has 5 nitrogen and oxygen atoms in total. The molecule has 0 unspecified atom stereocenters. The highest BCUT2D eigenvalue weighted by molar-refractivity contribution is 5.81. The summed E-state index contributed by atoms with van der Waals surface area (Å²) in [6.45, 7) is 3.83. The maximum absolute atomic E-state index is 11.7. The van der Waals surface area contributed by atoms with Crippen molar-refractivity contribution in [3.05, 3.63) is 24.3 Å². The van der Waals surface area contributed by atoms with Crippen LogP contribution in [0.4, 0.5) is 5.95 Å². The smallest absolute Gasteiger partial charge is 0.326 e. The number of nitrogens with one attached hydrogen (secondary N) is 1. The van der Waals surface area contributed by atoms with Crippen LogP contribution in [0.15, 0.2) is 24.3 Å². The maximum Gasteiger partial charge on any atom is 0.326 e. The molecule has 5 heteroatoms. The summed E-state index contributed by atoms with van der Waals surface area (Å²) in [6.07, 6.45) is -0.106. The molecule has 0 amide bonds. The first-order valence-electron chi connectivity index (χ1n) is 5.94. The predicted molar refractivity (Wildman–Crippen MR) is 70.5 cm³/mol. The van der Waals surface area contributed by atoms with Crippen LogP contribution in [-0.4, -0.2) is 28.7 Å². The molecule has 0 atom stereocenters. The van der Waals surface area contributed by atoms with E-state index in [4.69, 9.17) is 4.74 Å². The number of carbonyl (C=O) groups is 1. The minimum Gasteiger partial charge on any atom is -0.462 e. The zero-order chi connectivity index (χ0) is 13.1. The van der Waals surface area contributed by atoms with E-state index in [-0.39, 0.29) is 18.6 Å². The number of carbonyl (C=O) groups excluding carboxylic acids is 1. The first-order chi connectivity index (χ1) is 8.61. The van der Waals surface area contributed by atoms with E-state index in [0.29, 0.717) is 5.95 Å². The van der Waals surface area contributed by atoms with Crippen molar-refractivity contribution < 1.29 is 9.53 Å². The number of imidazole rings is 1. The molecule has 18 heavy (non-hydrogen) atoms. The Bertz CT molecular complexity index is 560. The lowest BCUT2D eigenvalue weighted by atomic mass is 10.3. The highest BCUT2D eigenvalue weighted by Gasteiger charge is 2.13. The van der Waals surface area contributed by atoms with Crippen molar-refractivity contribution in [2.75, 3.05) is 12.4 Å². The lowest BCUT2D eigenvalue weighted by Gasteiger charge is -2.10. The van der Waals surface area contributed by atoms with E-state index in [1.807, 2.05) is 42.7 Å². The summed E-state index contributed by atoms with van der Waals surface area (Å²) in [7, 11) is 1.78. The molecule has 0 bridgehead atoms. The number of fused-ring (bicyclic) bond motifs is 1. The van der Waals surface area contributed by atoms with Gasteiger partial charge in [0.2, 0.25) is 5.95 Å². The van der Waals surface area contributed by atoms with Crippen molar-refractivity contribution in [1.29, 1.82) is 0 Å². The van der Waals surface area contributed by atoms with E-state index in [1.165, 1.54) is 0 Å². The van der Waals surface area contributed by atoms with E-state index in [1.54, 1.807) is 7.05 Å². The molecule has 0 fully saturated rings. The number of nitrogens with zero attached hydrogens (tertiary/aromatic N) is 2. The van der Waals surface area contributed by atoms with Gasteiger partial charge in [0, 0.05) is 7.05 Å². The minimum absolute atomic E-state index is 0.106. The molecule has 0 saturated heterocycles. The van der Waals surface area contributed by atoms with Crippen LogP contribution in [-0.2, 0) is 16.1 Å². The lowest BCUT2D eigenvalue weighted by molar-refractivity contribution is -0.147. The number of rotatable bonds is 4. The Morgan fingerprint density at radius 3 is 2.83 bits per heavy atom. The minimum atomic E-state index is -0.260. The third-order valence-electron chi connectivity index (χ3n) is 2.53. The number of benzene rings is 1. The summed E-state index contributed by atoms with van der Waals surface area (Å²) in [5.41, 5.74) is 1.78. The van der Waals surface area contributed by atoms with Gasteiger partial charge in [0.25, 0.3) is 0 Å². The molecule has 96 valence electrons. The fourth-order valence-corrected chi connectivity index (χ4v) is 1.86. The predicted octanol–water partition coefficient (Wildman–Crippen LogP) is 2.03. The van der Waals surface area contributed by atoms with Gasteiger partial charge in [-0.25, -0.2) is 4.98 Å². The van der Waals surface area contributed by atoms with Gasteiger partial charge in [0.1, 0.15) is 6.54 Å². The normalized spacial score (nSPS) is 10.9. The van der Waals surface area contributed by atoms with Gasteiger partial charge in [-0.05, 0) is 26.0 Å². The van der Waals surface area contributed by atoms with Crippen LogP contribution in [0, 0.1) is 0 Å². The number of hydrogen-bond acceptors (Lipinski definition) is 4. The van der Waals surface area contributed by atoms with Crippen LogP contribution in [0.2, 0.25) is 0 Å². The number of ether oxygens (including phenoxy) is 1. The Kier molecular flexibility index (Phi) is 3.50. The summed E-state index contributed by atoms with van der Waals surface area (Å²) in [4.78, 5) is 16.1. The second kappa shape index (κ2) is 5.08. The van der Waals surface area contributed by atoms with E-state index in [2.05, 4.69) is 10.3 Å². The van der Waals surface area contributed by atoms with Gasteiger partial charge in [-0.2, -0.15) is 0 Å². The second-order valence-electron chi connectivity index (χ2n) is 4.30. The van der Waals surface area contributed by atoms with Crippen molar-refractivity contribution in [3.8, 4) is 0 Å². The number of hydrogen-bond donors (Lipinski definition) is 1. The summed E-state index contributed by atoms with van der Waals surface area (Å²) in [5.74, 6) is 0.404. The molecular formula is C13H17N3O2. The standard InChI is InChI=1S/C13H17N3O2/c1-9(2)18-12(17)8-16-11-7-5-4-6-10(11)15-13(16)14-3/h4-7,9H,8H2,1-3H3,(H,14,15). The number of anilines is 1. The summed E-state index contributed by atoms with van der Waals surface area (Å²) in [5, 5.41) is 2.99. The van der Waals surface area contributed by atoms with Gasteiger partial charge in [-0.1, -0.05) is 12.1 Å². The van der Waals surface area contributed by atoms with Crippen molar-refractivity contribution >= 4 is 23.0 Å². The van der Waals surface area contributed by atoms with Crippen LogP contribution in [0.5, 0.6) is 0 Å². The topological polar surface area (TPSA) is 56.2 Å². The fraction of sp³-hybridized carbons (Fsp3) is 0.385. The van der Waals surface area contributed by atoms with Crippen LogP contribution in [0.25, 0.3) is 11.0 Å². The largest absolute Gasteiger partial charge is 0.462 e. The van der Waals surface area contributed by atoms with Crippen molar-refractivity contribution in [2.45, 2.75) is 26.5 Å². The molecule has 0 aliphatic carbocycles. The van der Waals surface area contributed by atoms with Crippen LogP contribution in [0.3, 0.4) is 0 Å². The zero-order valence-electron chi connectivity index (χ0n) is 10.8. The molecule has 1 heterocycles. The Balaban J connectivity index is 2.33. The maximum atomic E-state index is 11.7. The Morgan fingerprint density at radius 2 is 2.17 bits per heavy atom. The second-order valence-corrected chi connectivity index (χ2v) is 4.30. The zero-order valence-corrected chi connectivity index (χ0v) is 10.8. The average molecular weight is 247 g/mol. The van der Waals surface area contributed by atoms with Crippen molar-refractivity contribution in [1.82, 2.24) is 9.55 Å². The number of para-hydroxylation sites is 2.